The fraction of sp³-hybridized carbons (Fsp3) is 0.391. The first kappa shape index (κ1) is 24.5. The fourth-order valence-electron chi connectivity index (χ4n) is 3.59. The van der Waals surface area contributed by atoms with Crippen molar-refractivity contribution in [3.63, 3.8) is 0 Å². The van der Waals surface area contributed by atoms with Crippen LogP contribution in [0, 0.1) is 5.92 Å². The molecule has 2 amide bonds. The number of hydrogen-bond donors (Lipinski definition) is 2. The Balaban J connectivity index is 0.000000257. The van der Waals surface area contributed by atoms with Crippen LogP contribution in [0.1, 0.15) is 34.3 Å². The van der Waals surface area contributed by atoms with Gasteiger partial charge in [-0.2, -0.15) is 13.2 Å². The van der Waals surface area contributed by atoms with Gasteiger partial charge in [-0.3, -0.25) is 14.8 Å². The molecule has 1 fully saturated rings. The Kier molecular flexibility index (Phi) is 8.29. The maximum absolute atomic E-state index is 12.7. The first-order valence-corrected chi connectivity index (χ1v) is 10.5. The molecular weight excluding hydrogens is 441 g/mol. The zero-order chi connectivity index (χ0) is 23.8. The zero-order valence-corrected chi connectivity index (χ0v) is 17.8. The number of nitrogens with zero attached hydrogens (tertiary/aromatic N) is 1. The van der Waals surface area contributed by atoms with Gasteiger partial charge in [-0.15, -0.1) is 0 Å². The number of rotatable bonds is 2. The Hall–Kier alpha value is -3.11. The van der Waals surface area contributed by atoms with E-state index in [0.29, 0.717) is 44.2 Å². The van der Waals surface area contributed by atoms with Crippen molar-refractivity contribution in [2.75, 3.05) is 26.4 Å². The molecule has 0 atom stereocenters. The lowest BCUT2D eigenvalue weighted by Crippen LogP contribution is -2.39. The average Bonchev–Trinajstić information content (AvgIpc) is 3.06. The van der Waals surface area contributed by atoms with E-state index in [0.717, 1.165) is 30.5 Å². The van der Waals surface area contributed by atoms with Crippen LogP contribution in [0.25, 0.3) is 0 Å². The maximum Gasteiger partial charge on any atom is 0.416 e. The monoisotopic (exact) mass is 466 g/mol. The Morgan fingerprint density at radius 2 is 1.73 bits per heavy atom. The molecule has 0 saturated carbocycles. The van der Waals surface area contributed by atoms with Crippen LogP contribution in [0.2, 0.25) is 0 Å². The molecule has 2 aromatic rings. The average molecular weight is 466 g/mol. The summed E-state index contributed by atoms with van der Waals surface area (Å²) >= 11 is 0. The molecule has 0 unspecified atom stereocenters. The van der Waals surface area contributed by atoms with E-state index in [1.807, 2.05) is 4.90 Å². The fourth-order valence-corrected chi connectivity index (χ4v) is 3.59. The highest BCUT2D eigenvalue weighted by Crippen LogP contribution is 2.28. The van der Waals surface area contributed by atoms with Crippen LogP contribution in [0.5, 0.6) is 5.75 Å². The molecule has 7 nitrogen and oxygen atoms in total. The van der Waals surface area contributed by atoms with E-state index >= 15 is 0 Å². The third kappa shape index (κ3) is 6.69. The van der Waals surface area contributed by atoms with Gasteiger partial charge in [0.15, 0.2) is 0 Å². The highest BCUT2D eigenvalue weighted by molar-refractivity contribution is 5.93. The third-order valence-corrected chi connectivity index (χ3v) is 5.39. The van der Waals surface area contributed by atoms with E-state index in [4.69, 9.17) is 14.7 Å². The number of hydroxylamine groups is 1. The Labute approximate surface area is 189 Å². The molecule has 2 heterocycles. The number of benzene rings is 2. The number of alkyl halides is 3. The Morgan fingerprint density at radius 1 is 1.03 bits per heavy atom. The van der Waals surface area contributed by atoms with Crippen molar-refractivity contribution in [1.82, 2.24) is 10.4 Å². The molecule has 2 N–H and O–H groups in total. The minimum absolute atomic E-state index is 0.0183. The molecule has 10 heteroatoms. The van der Waals surface area contributed by atoms with Gasteiger partial charge in [-0.05, 0) is 25.0 Å². The predicted molar refractivity (Wildman–Crippen MR) is 112 cm³/mol. The number of halogens is 3. The molecule has 0 bridgehead atoms. The van der Waals surface area contributed by atoms with Gasteiger partial charge in [0.1, 0.15) is 12.4 Å². The van der Waals surface area contributed by atoms with E-state index in [1.54, 1.807) is 29.7 Å². The molecule has 4 rings (SSSR count). The molecule has 33 heavy (non-hydrogen) atoms. The summed E-state index contributed by atoms with van der Waals surface area (Å²) in [5.41, 5.74) is 2.17. The first-order valence-electron chi connectivity index (χ1n) is 10.5. The second-order valence-electron chi connectivity index (χ2n) is 7.62. The minimum atomic E-state index is -4.21. The van der Waals surface area contributed by atoms with Gasteiger partial charge in [0, 0.05) is 36.8 Å². The van der Waals surface area contributed by atoms with Crippen molar-refractivity contribution in [2.45, 2.75) is 25.6 Å². The number of carbonyl (C=O) groups is 2. The molecule has 1 saturated heterocycles. The summed E-state index contributed by atoms with van der Waals surface area (Å²) in [6, 6.07) is 11.3. The first-order chi connectivity index (χ1) is 15.8. The van der Waals surface area contributed by atoms with Crippen LogP contribution < -0.4 is 10.2 Å². The van der Waals surface area contributed by atoms with Gasteiger partial charge in [-0.1, -0.05) is 36.4 Å². The van der Waals surface area contributed by atoms with Crippen molar-refractivity contribution in [3.05, 3.63) is 65.2 Å². The van der Waals surface area contributed by atoms with Crippen LogP contribution >= 0.6 is 0 Å². The number of nitrogens with one attached hydrogen (secondary N) is 1. The van der Waals surface area contributed by atoms with E-state index in [2.05, 4.69) is 0 Å². The van der Waals surface area contributed by atoms with Crippen LogP contribution in [0.4, 0.5) is 13.2 Å². The van der Waals surface area contributed by atoms with E-state index in [-0.39, 0.29) is 11.8 Å². The summed E-state index contributed by atoms with van der Waals surface area (Å²) in [5.74, 6) is 0.149. The Bertz CT molecular complexity index is 947. The second kappa shape index (κ2) is 11.2. The zero-order valence-electron chi connectivity index (χ0n) is 17.8. The maximum atomic E-state index is 12.7. The summed E-state index contributed by atoms with van der Waals surface area (Å²) in [6.45, 7) is 2.64. The molecule has 0 spiro atoms. The molecule has 2 aliphatic heterocycles. The van der Waals surface area contributed by atoms with Crippen molar-refractivity contribution in [1.29, 1.82) is 0 Å². The molecular formula is C23H25F3N2O5. The van der Waals surface area contributed by atoms with Gasteiger partial charge in [0.05, 0.1) is 12.1 Å². The van der Waals surface area contributed by atoms with Crippen LogP contribution in [-0.2, 0) is 22.3 Å². The van der Waals surface area contributed by atoms with Gasteiger partial charge in [0.25, 0.3) is 5.91 Å². The molecule has 2 aliphatic rings. The normalized spacial score (nSPS) is 16.4. The third-order valence-electron chi connectivity index (χ3n) is 5.39. The van der Waals surface area contributed by atoms with Crippen LogP contribution in [0.15, 0.2) is 48.5 Å². The smallest absolute Gasteiger partial charge is 0.416 e. The van der Waals surface area contributed by atoms with Crippen molar-refractivity contribution in [2.24, 2.45) is 5.92 Å². The summed E-state index contributed by atoms with van der Waals surface area (Å²) in [4.78, 5) is 25.9. The highest BCUT2D eigenvalue weighted by Gasteiger charge is 2.30. The lowest BCUT2D eigenvalue weighted by molar-refractivity contribution is -0.139. The summed E-state index contributed by atoms with van der Waals surface area (Å²) < 4.78 is 46.3. The Morgan fingerprint density at radius 3 is 2.33 bits per heavy atom. The molecule has 178 valence electrons. The van der Waals surface area contributed by atoms with E-state index in [9.17, 15) is 22.8 Å². The summed E-state index contributed by atoms with van der Waals surface area (Å²) in [7, 11) is 0. The van der Waals surface area contributed by atoms with Gasteiger partial charge in [-0.25, -0.2) is 5.48 Å². The molecule has 0 aliphatic carbocycles. The number of ether oxygens (including phenoxy) is 2. The number of amides is 2. The second-order valence-corrected chi connectivity index (χ2v) is 7.62. The van der Waals surface area contributed by atoms with E-state index < -0.39 is 17.6 Å². The van der Waals surface area contributed by atoms with Gasteiger partial charge in [0.2, 0.25) is 5.91 Å². The lowest BCUT2D eigenvalue weighted by Gasteiger charge is -2.28. The van der Waals surface area contributed by atoms with Crippen LogP contribution in [-0.4, -0.2) is 48.3 Å². The molecule has 0 aromatic heterocycles. The summed E-state index contributed by atoms with van der Waals surface area (Å²) in [6.07, 6.45) is -2.68. The largest absolute Gasteiger partial charge is 0.491 e. The minimum Gasteiger partial charge on any atom is -0.491 e. The topological polar surface area (TPSA) is 88.1 Å². The standard InChI is InChI=1S/C16H20N2O5.C7H5F3/c19-15(17-21)12-1-2-13-10-18(5-8-23-14(13)9-12)16(20)11-3-6-22-7-4-11;8-7(9,10)6-4-2-1-3-5-6/h1-2,9,11,21H,3-8,10H2,(H,17,19);1-5H. The molecule has 0 radical (unpaired) electrons. The van der Waals surface area contributed by atoms with Crippen molar-refractivity contribution >= 4 is 11.8 Å². The van der Waals surface area contributed by atoms with Crippen molar-refractivity contribution in [3.8, 4) is 5.75 Å². The van der Waals surface area contributed by atoms with Gasteiger partial charge < -0.3 is 14.4 Å². The van der Waals surface area contributed by atoms with E-state index in [1.165, 1.54) is 12.1 Å². The highest BCUT2D eigenvalue weighted by atomic mass is 19.4. The van der Waals surface area contributed by atoms with Gasteiger partial charge >= 0.3 is 6.18 Å². The molecule has 2 aromatic carbocycles. The SMILES string of the molecule is FC(F)(F)c1ccccc1.O=C(NO)c1ccc2c(c1)OCCN(C(=O)C1CCOCC1)C2. The number of hydrogen-bond acceptors (Lipinski definition) is 5. The number of fused-ring (bicyclic) bond motifs is 1. The predicted octanol–water partition coefficient (Wildman–Crippen LogP) is 3.66. The van der Waals surface area contributed by atoms with Crippen LogP contribution in [0.3, 0.4) is 0 Å². The number of carbonyl (C=O) groups excluding carboxylic acids is 2. The summed E-state index contributed by atoms with van der Waals surface area (Å²) in [5, 5.41) is 8.70. The van der Waals surface area contributed by atoms with Crippen molar-refractivity contribution < 1.29 is 37.4 Å². The lowest BCUT2D eigenvalue weighted by atomic mass is 9.98. The quantitative estimate of drug-likeness (QED) is 0.521.